The molecular formula is C28H29F2N3O4. The van der Waals surface area contributed by atoms with Gasteiger partial charge in [0, 0.05) is 36.8 Å². The first-order valence-electron chi connectivity index (χ1n) is 12.0. The van der Waals surface area contributed by atoms with Crippen LogP contribution in [-0.4, -0.2) is 70.6 Å². The van der Waals surface area contributed by atoms with E-state index in [1.165, 1.54) is 41.4 Å². The molecule has 3 aromatic rings. The van der Waals surface area contributed by atoms with E-state index >= 15 is 0 Å². The van der Waals surface area contributed by atoms with Gasteiger partial charge in [-0.1, -0.05) is 25.1 Å². The van der Waals surface area contributed by atoms with E-state index in [2.05, 4.69) is 4.98 Å². The molecule has 2 aromatic carbocycles. The number of pyridine rings is 1. The Hall–Kier alpha value is -3.85. The van der Waals surface area contributed by atoms with Crippen LogP contribution in [0.25, 0.3) is 11.1 Å². The van der Waals surface area contributed by atoms with Gasteiger partial charge < -0.3 is 19.6 Å². The first kappa shape index (κ1) is 26.2. The molecule has 0 radical (unpaired) electrons. The van der Waals surface area contributed by atoms with Gasteiger partial charge in [-0.05, 0) is 48.9 Å². The van der Waals surface area contributed by atoms with E-state index in [1.54, 1.807) is 43.1 Å². The van der Waals surface area contributed by atoms with Crippen LogP contribution in [0.4, 0.5) is 8.78 Å². The number of aromatic nitrogens is 1. The maximum atomic E-state index is 13.8. The highest BCUT2D eigenvalue weighted by Gasteiger charge is 2.35. The Kier molecular flexibility index (Phi) is 7.83. The maximum absolute atomic E-state index is 13.8. The summed E-state index contributed by atoms with van der Waals surface area (Å²) in [6.45, 7) is 3.80. The van der Waals surface area contributed by atoms with Crippen LogP contribution in [-0.2, 0) is 0 Å². The number of halogens is 2. The lowest BCUT2D eigenvalue weighted by Crippen LogP contribution is -2.50. The van der Waals surface area contributed by atoms with Gasteiger partial charge >= 0.3 is 0 Å². The van der Waals surface area contributed by atoms with Crippen LogP contribution in [0.1, 0.15) is 34.6 Å². The minimum absolute atomic E-state index is 0.0865. The lowest BCUT2D eigenvalue weighted by atomic mass is 9.99. The molecule has 0 saturated heterocycles. The van der Waals surface area contributed by atoms with Crippen LogP contribution in [0.2, 0.25) is 0 Å². The van der Waals surface area contributed by atoms with E-state index in [4.69, 9.17) is 4.74 Å². The zero-order valence-corrected chi connectivity index (χ0v) is 20.9. The van der Waals surface area contributed by atoms with Gasteiger partial charge in [-0.25, -0.2) is 13.8 Å². The zero-order valence-electron chi connectivity index (χ0n) is 20.9. The highest BCUT2D eigenvalue weighted by molar-refractivity contribution is 5.98. The predicted molar refractivity (Wildman–Crippen MR) is 134 cm³/mol. The molecule has 0 fully saturated rings. The number of ether oxygens (including phenoxy) is 1. The largest absolute Gasteiger partial charge is 0.472 e. The van der Waals surface area contributed by atoms with Crippen molar-refractivity contribution in [3.8, 4) is 17.0 Å². The van der Waals surface area contributed by atoms with Gasteiger partial charge in [0.2, 0.25) is 5.88 Å². The van der Waals surface area contributed by atoms with Crippen molar-refractivity contribution < 1.29 is 28.2 Å². The van der Waals surface area contributed by atoms with E-state index in [0.717, 1.165) is 0 Å². The van der Waals surface area contributed by atoms with Crippen LogP contribution in [0.3, 0.4) is 0 Å². The van der Waals surface area contributed by atoms with Crippen molar-refractivity contribution in [1.82, 2.24) is 14.8 Å². The molecule has 7 nitrogen and oxygen atoms in total. The Morgan fingerprint density at radius 3 is 2.54 bits per heavy atom. The molecule has 2 amide bonds. The Morgan fingerprint density at radius 2 is 1.86 bits per heavy atom. The van der Waals surface area contributed by atoms with Gasteiger partial charge in [-0.3, -0.25) is 9.59 Å². The van der Waals surface area contributed by atoms with Gasteiger partial charge in [-0.15, -0.1) is 0 Å². The number of nitrogens with zero attached hydrogens (tertiary/aromatic N) is 3. The molecule has 194 valence electrons. The number of likely N-dealkylation sites (N-methyl/N-ethyl adjacent to an activating group) is 1. The first-order chi connectivity index (χ1) is 17.7. The van der Waals surface area contributed by atoms with E-state index in [1.807, 2.05) is 6.92 Å². The Morgan fingerprint density at radius 1 is 1.16 bits per heavy atom. The van der Waals surface area contributed by atoms with Crippen molar-refractivity contribution in [2.24, 2.45) is 5.92 Å². The number of fused-ring (bicyclic) bond motifs is 1. The fraction of sp³-hybridized carbons (Fsp3) is 0.321. The van der Waals surface area contributed by atoms with Gasteiger partial charge in [-0.2, -0.15) is 0 Å². The highest BCUT2D eigenvalue weighted by atomic mass is 19.1. The van der Waals surface area contributed by atoms with Crippen molar-refractivity contribution in [1.29, 1.82) is 0 Å². The molecule has 0 saturated carbocycles. The van der Waals surface area contributed by atoms with Crippen LogP contribution in [0.15, 0.2) is 60.8 Å². The molecule has 3 atom stereocenters. The molecule has 4 rings (SSSR count). The molecule has 1 N–H and O–H groups in total. The van der Waals surface area contributed by atoms with E-state index in [-0.39, 0.29) is 54.4 Å². The average Bonchev–Trinajstić information content (AvgIpc) is 2.89. The SMILES string of the molecule is C[C@H]1CN([C@@H](C)CO)C(=O)c2cc(-c3cccc(F)c3)cnc2O[C@H]1CN(C)C(=O)c1cccc(F)c1. The van der Waals surface area contributed by atoms with Crippen molar-refractivity contribution in [3.63, 3.8) is 0 Å². The van der Waals surface area contributed by atoms with Crippen molar-refractivity contribution in [2.45, 2.75) is 26.0 Å². The average molecular weight is 510 g/mol. The molecule has 9 heteroatoms. The second-order valence-electron chi connectivity index (χ2n) is 9.41. The zero-order chi connectivity index (χ0) is 26.7. The van der Waals surface area contributed by atoms with Crippen molar-refractivity contribution >= 4 is 11.8 Å². The van der Waals surface area contributed by atoms with Gasteiger partial charge in [0.25, 0.3) is 11.8 Å². The van der Waals surface area contributed by atoms with Crippen molar-refractivity contribution in [3.05, 3.63) is 83.6 Å². The summed E-state index contributed by atoms with van der Waals surface area (Å²) >= 11 is 0. The summed E-state index contributed by atoms with van der Waals surface area (Å²) in [7, 11) is 1.60. The molecule has 1 aliphatic heterocycles. The lowest BCUT2D eigenvalue weighted by Gasteiger charge is -2.37. The quantitative estimate of drug-likeness (QED) is 0.543. The molecular weight excluding hydrogens is 480 g/mol. The van der Waals surface area contributed by atoms with Crippen LogP contribution < -0.4 is 4.74 Å². The second-order valence-corrected chi connectivity index (χ2v) is 9.41. The summed E-state index contributed by atoms with van der Waals surface area (Å²) in [6.07, 6.45) is 0.946. The van der Waals surface area contributed by atoms with E-state index in [0.29, 0.717) is 11.1 Å². The molecule has 0 unspecified atom stereocenters. The Balaban J connectivity index is 1.68. The summed E-state index contributed by atoms with van der Waals surface area (Å²) in [5.41, 5.74) is 1.48. The number of rotatable bonds is 6. The summed E-state index contributed by atoms with van der Waals surface area (Å²) in [4.78, 5) is 33.9. The molecule has 0 aliphatic carbocycles. The van der Waals surface area contributed by atoms with Gasteiger partial charge in [0.1, 0.15) is 23.3 Å². The van der Waals surface area contributed by atoms with E-state index in [9.17, 15) is 23.5 Å². The third-order valence-corrected chi connectivity index (χ3v) is 6.55. The van der Waals surface area contributed by atoms with Crippen LogP contribution >= 0.6 is 0 Å². The third-order valence-electron chi connectivity index (χ3n) is 6.55. The molecule has 1 aliphatic rings. The molecule has 0 bridgehead atoms. The molecule has 1 aromatic heterocycles. The second kappa shape index (κ2) is 11.0. The highest BCUT2D eigenvalue weighted by Crippen LogP contribution is 2.30. The van der Waals surface area contributed by atoms with Crippen LogP contribution in [0, 0.1) is 17.6 Å². The number of aliphatic hydroxyl groups excluding tert-OH is 1. The number of amides is 2. The number of aliphatic hydroxyl groups is 1. The third kappa shape index (κ3) is 5.77. The first-order valence-corrected chi connectivity index (χ1v) is 12.0. The number of hydrogen-bond acceptors (Lipinski definition) is 5. The van der Waals surface area contributed by atoms with Gasteiger partial charge in [0.05, 0.1) is 19.2 Å². The molecule has 0 spiro atoms. The number of carbonyl (C=O) groups excluding carboxylic acids is 2. The maximum Gasteiger partial charge on any atom is 0.259 e. The summed E-state index contributed by atoms with van der Waals surface area (Å²) in [6, 6.07) is 12.5. The fourth-order valence-corrected chi connectivity index (χ4v) is 4.34. The van der Waals surface area contributed by atoms with E-state index < -0.39 is 23.8 Å². The Bertz CT molecular complexity index is 1300. The summed E-state index contributed by atoms with van der Waals surface area (Å²) < 4.78 is 33.7. The predicted octanol–water partition coefficient (Wildman–Crippen LogP) is 4.02. The van der Waals surface area contributed by atoms with Gasteiger partial charge in [0.15, 0.2) is 0 Å². The van der Waals surface area contributed by atoms with Crippen molar-refractivity contribution in [2.75, 3.05) is 26.7 Å². The topological polar surface area (TPSA) is 83.0 Å². The minimum Gasteiger partial charge on any atom is -0.472 e. The lowest BCUT2D eigenvalue weighted by molar-refractivity contribution is 0.0313. The summed E-state index contributed by atoms with van der Waals surface area (Å²) in [5, 5.41) is 9.83. The fourth-order valence-electron chi connectivity index (χ4n) is 4.34. The molecule has 37 heavy (non-hydrogen) atoms. The summed E-state index contributed by atoms with van der Waals surface area (Å²) in [5.74, 6) is -1.81. The standard InChI is InChI=1S/C28H29F2N3O4/c1-17-14-33(18(2)16-34)28(36)24-12-21(19-6-4-8-22(29)10-19)13-31-26(24)37-25(17)15-32(3)27(35)20-7-5-9-23(30)11-20/h4-13,17-18,25,34H,14-16H2,1-3H3/t17-,18-,25-/m0/s1. The Labute approximate surface area is 214 Å². The number of carbonyl (C=O) groups is 2. The number of hydrogen-bond donors (Lipinski definition) is 1. The monoisotopic (exact) mass is 509 g/mol. The molecule has 2 heterocycles. The smallest absolute Gasteiger partial charge is 0.259 e. The normalized spacial score (nSPS) is 18.3. The van der Waals surface area contributed by atoms with Crippen LogP contribution in [0.5, 0.6) is 5.88 Å². The minimum atomic E-state index is -0.560. The number of benzene rings is 2.